The molecule has 1 heterocycles. The number of aryl methyl sites for hydroxylation is 1. The zero-order chi connectivity index (χ0) is 16.7. The lowest BCUT2D eigenvalue weighted by Crippen LogP contribution is -2.15. The minimum absolute atomic E-state index is 0.0373. The minimum Gasteiger partial charge on any atom is -0.326 e. The molecule has 0 aliphatic heterocycles. The molecule has 0 radical (unpaired) electrons. The number of nitrogens with one attached hydrogen (secondary N) is 2. The maximum absolute atomic E-state index is 12.3. The Morgan fingerprint density at radius 2 is 1.87 bits per heavy atom. The van der Waals surface area contributed by atoms with Crippen LogP contribution < -0.4 is 10.6 Å². The van der Waals surface area contributed by atoms with Gasteiger partial charge in [0.05, 0.1) is 0 Å². The Bertz CT molecular complexity index is 698. The first-order valence-corrected chi connectivity index (χ1v) is 7.73. The van der Waals surface area contributed by atoms with Crippen molar-refractivity contribution in [2.24, 2.45) is 0 Å². The summed E-state index contributed by atoms with van der Waals surface area (Å²) in [6.45, 7) is 3.90. The van der Waals surface area contributed by atoms with Crippen LogP contribution in [0, 0.1) is 6.92 Å². The summed E-state index contributed by atoms with van der Waals surface area (Å²) < 4.78 is 0. The molecule has 2 N–H and O–H groups in total. The molecule has 5 heteroatoms. The maximum Gasteiger partial charge on any atom is 0.256 e. The van der Waals surface area contributed by atoms with Crippen molar-refractivity contribution >= 4 is 23.3 Å². The highest BCUT2D eigenvalue weighted by Crippen LogP contribution is 2.13. The maximum atomic E-state index is 12.3. The number of amides is 2. The first kappa shape index (κ1) is 16.7. The van der Waals surface area contributed by atoms with E-state index in [2.05, 4.69) is 15.6 Å². The highest BCUT2D eigenvalue weighted by atomic mass is 16.2. The molecule has 23 heavy (non-hydrogen) atoms. The highest BCUT2D eigenvalue weighted by Gasteiger charge is 2.09. The standard InChI is InChI=1S/C18H21N3O2/c1-3-4-11-17(22)20-15-9-6-8-14(12-15)18(23)21-16-10-5-7-13(2)19-16/h5-10,12H,3-4,11H2,1-2H3,(H,20,22)(H,19,21,23). The Kier molecular flexibility index (Phi) is 5.86. The van der Waals surface area contributed by atoms with Gasteiger partial charge < -0.3 is 10.6 Å². The Labute approximate surface area is 136 Å². The minimum atomic E-state index is -0.257. The first-order chi connectivity index (χ1) is 11.1. The number of benzene rings is 1. The third-order valence-corrected chi connectivity index (χ3v) is 3.30. The number of carbonyl (C=O) groups is 2. The number of rotatable bonds is 6. The van der Waals surface area contributed by atoms with Gasteiger partial charge in [-0.15, -0.1) is 0 Å². The van der Waals surface area contributed by atoms with Crippen LogP contribution in [-0.4, -0.2) is 16.8 Å². The molecule has 0 saturated heterocycles. The second kappa shape index (κ2) is 8.08. The zero-order valence-electron chi connectivity index (χ0n) is 13.4. The van der Waals surface area contributed by atoms with Crippen molar-refractivity contribution in [2.45, 2.75) is 33.1 Å². The van der Waals surface area contributed by atoms with Crippen LogP contribution in [0.2, 0.25) is 0 Å². The fourth-order valence-corrected chi connectivity index (χ4v) is 2.10. The van der Waals surface area contributed by atoms with E-state index in [1.54, 1.807) is 30.3 Å². The summed E-state index contributed by atoms with van der Waals surface area (Å²) >= 11 is 0. The second-order valence-corrected chi connectivity index (χ2v) is 5.35. The van der Waals surface area contributed by atoms with Crippen molar-refractivity contribution < 1.29 is 9.59 Å². The van der Waals surface area contributed by atoms with E-state index in [9.17, 15) is 9.59 Å². The van der Waals surface area contributed by atoms with Crippen LogP contribution in [0.15, 0.2) is 42.5 Å². The number of hydrogen-bond acceptors (Lipinski definition) is 3. The molecule has 5 nitrogen and oxygen atoms in total. The van der Waals surface area contributed by atoms with Crippen molar-refractivity contribution in [3.05, 3.63) is 53.7 Å². The van der Waals surface area contributed by atoms with E-state index in [-0.39, 0.29) is 11.8 Å². The summed E-state index contributed by atoms with van der Waals surface area (Å²) in [6, 6.07) is 12.3. The van der Waals surface area contributed by atoms with Crippen LogP contribution in [-0.2, 0) is 4.79 Å². The SMILES string of the molecule is CCCCC(=O)Nc1cccc(C(=O)Nc2cccc(C)n2)c1. The molecule has 0 aliphatic carbocycles. The van der Waals surface area contributed by atoms with Crippen LogP contribution in [0.25, 0.3) is 0 Å². The zero-order valence-corrected chi connectivity index (χ0v) is 13.4. The number of carbonyl (C=O) groups excluding carboxylic acids is 2. The summed E-state index contributed by atoms with van der Waals surface area (Å²) in [5.74, 6) is 0.213. The lowest BCUT2D eigenvalue weighted by molar-refractivity contribution is -0.116. The molecule has 0 atom stereocenters. The smallest absolute Gasteiger partial charge is 0.256 e. The van der Waals surface area contributed by atoms with E-state index in [0.29, 0.717) is 23.5 Å². The van der Waals surface area contributed by atoms with E-state index in [0.717, 1.165) is 18.5 Å². The average molecular weight is 311 g/mol. The van der Waals surface area contributed by atoms with Crippen molar-refractivity contribution in [2.75, 3.05) is 10.6 Å². The van der Waals surface area contributed by atoms with E-state index < -0.39 is 0 Å². The van der Waals surface area contributed by atoms with Gasteiger partial charge in [0.25, 0.3) is 5.91 Å². The third-order valence-electron chi connectivity index (χ3n) is 3.30. The molecule has 0 spiro atoms. The van der Waals surface area contributed by atoms with Gasteiger partial charge in [0.15, 0.2) is 0 Å². The summed E-state index contributed by atoms with van der Waals surface area (Å²) in [4.78, 5) is 28.3. The largest absolute Gasteiger partial charge is 0.326 e. The summed E-state index contributed by atoms with van der Waals surface area (Å²) in [5.41, 5.74) is 1.93. The molecule has 0 saturated carbocycles. The van der Waals surface area contributed by atoms with Crippen molar-refractivity contribution in [1.29, 1.82) is 0 Å². The quantitative estimate of drug-likeness (QED) is 0.853. The molecule has 2 rings (SSSR count). The topological polar surface area (TPSA) is 71.1 Å². The number of anilines is 2. The lowest BCUT2D eigenvalue weighted by Gasteiger charge is -2.08. The molecule has 2 aromatic rings. The Balaban J connectivity index is 2.03. The van der Waals surface area contributed by atoms with Gasteiger partial charge in [0.2, 0.25) is 5.91 Å². The molecule has 0 aliphatic rings. The van der Waals surface area contributed by atoms with Crippen molar-refractivity contribution in [3.63, 3.8) is 0 Å². The first-order valence-electron chi connectivity index (χ1n) is 7.73. The molecule has 0 bridgehead atoms. The summed E-state index contributed by atoms with van der Waals surface area (Å²) in [7, 11) is 0. The van der Waals surface area contributed by atoms with E-state index in [1.165, 1.54) is 0 Å². The van der Waals surface area contributed by atoms with E-state index >= 15 is 0 Å². The molecule has 1 aromatic heterocycles. The molecule has 1 aromatic carbocycles. The summed E-state index contributed by atoms with van der Waals surface area (Å²) in [5, 5.41) is 5.56. The van der Waals surface area contributed by atoms with Crippen LogP contribution in [0.5, 0.6) is 0 Å². The lowest BCUT2D eigenvalue weighted by atomic mass is 10.1. The van der Waals surface area contributed by atoms with Gasteiger partial charge >= 0.3 is 0 Å². The van der Waals surface area contributed by atoms with Gasteiger partial charge in [0, 0.05) is 23.4 Å². The normalized spacial score (nSPS) is 10.2. The van der Waals surface area contributed by atoms with E-state index in [4.69, 9.17) is 0 Å². The molecule has 0 fully saturated rings. The predicted molar refractivity (Wildman–Crippen MR) is 91.5 cm³/mol. The van der Waals surface area contributed by atoms with Crippen LogP contribution in [0.1, 0.15) is 42.2 Å². The molecule has 0 unspecified atom stereocenters. The summed E-state index contributed by atoms with van der Waals surface area (Å²) in [6.07, 6.45) is 2.31. The molecular formula is C18H21N3O2. The van der Waals surface area contributed by atoms with Crippen LogP contribution >= 0.6 is 0 Å². The molecule has 120 valence electrons. The number of unbranched alkanes of at least 4 members (excludes halogenated alkanes) is 1. The Morgan fingerprint density at radius 1 is 1.09 bits per heavy atom. The van der Waals surface area contributed by atoms with Crippen LogP contribution in [0.3, 0.4) is 0 Å². The molecule has 2 amide bonds. The monoisotopic (exact) mass is 311 g/mol. The number of pyridine rings is 1. The van der Waals surface area contributed by atoms with Crippen molar-refractivity contribution in [1.82, 2.24) is 4.98 Å². The van der Waals surface area contributed by atoms with Gasteiger partial charge in [-0.05, 0) is 43.7 Å². The third kappa shape index (κ3) is 5.21. The Morgan fingerprint density at radius 3 is 2.61 bits per heavy atom. The predicted octanol–water partition coefficient (Wildman–Crippen LogP) is 3.77. The average Bonchev–Trinajstić information content (AvgIpc) is 2.53. The van der Waals surface area contributed by atoms with Gasteiger partial charge in [0.1, 0.15) is 5.82 Å². The molecular weight excluding hydrogens is 290 g/mol. The van der Waals surface area contributed by atoms with E-state index in [1.807, 2.05) is 26.0 Å². The fourth-order valence-electron chi connectivity index (χ4n) is 2.10. The number of nitrogens with zero attached hydrogens (tertiary/aromatic N) is 1. The number of aromatic nitrogens is 1. The van der Waals surface area contributed by atoms with Crippen molar-refractivity contribution in [3.8, 4) is 0 Å². The fraction of sp³-hybridized carbons (Fsp3) is 0.278. The number of hydrogen-bond donors (Lipinski definition) is 2. The van der Waals surface area contributed by atoms with Crippen LogP contribution in [0.4, 0.5) is 11.5 Å². The Hall–Kier alpha value is -2.69. The van der Waals surface area contributed by atoms with Gasteiger partial charge in [-0.25, -0.2) is 4.98 Å². The van der Waals surface area contributed by atoms with Gasteiger partial charge in [-0.2, -0.15) is 0 Å². The van der Waals surface area contributed by atoms with Gasteiger partial charge in [-0.3, -0.25) is 9.59 Å². The second-order valence-electron chi connectivity index (χ2n) is 5.35. The highest BCUT2D eigenvalue weighted by molar-refractivity contribution is 6.04. The van der Waals surface area contributed by atoms with Gasteiger partial charge in [-0.1, -0.05) is 25.5 Å².